The number of nitrogens with one attached hydrogen (secondary N) is 1. The summed E-state index contributed by atoms with van der Waals surface area (Å²) in [5.74, 6) is 0.755. The Morgan fingerprint density at radius 1 is 1.25 bits per heavy atom. The van der Waals surface area contributed by atoms with E-state index in [0.717, 1.165) is 32.8 Å². The van der Waals surface area contributed by atoms with Gasteiger partial charge in [0.1, 0.15) is 5.75 Å². The zero-order chi connectivity index (χ0) is 16.8. The van der Waals surface area contributed by atoms with Crippen molar-refractivity contribution >= 4 is 17.5 Å². The summed E-state index contributed by atoms with van der Waals surface area (Å²) in [7, 11) is 0. The van der Waals surface area contributed by atoms with E-state index >= 15 is 0 Å². The highest BCUT2D eigenvalue weighted by molar-refractivity contribution is 6.30. The SMILES string of the molecule is O=C(NCCN1CCOCC1)c1ccc(Oc2cccc(Cl)c2)o1. The lowest BCUT2D eigenvalue weighted by molar-refractivity contribution is 0.0382. The van der Waals surface area contributed by atoms with E-state index in [4.69, 9.17) is 25.5 Å². The molecule has 1 aromatic heterocycles. The Hall–Kier alpha value is -2.02. The van der Waals surface area contributed by atoms with Crippen molar-refractivity contribution in [2.24, 2.45) is 0 Å². The molecule has 24 heavy (non-hydrogen) atoms. The normalized spacial score (nSPS) is 15.2. The molecule has 0 aliphatic carbocycles. The van der Waals surface area contributed by atoms with Gasteiger partial charge in [-0.3, -0.25) is 9.69 Å². The number of morpholine rings is 1. The van der Waals surface area contributed by atoms with Crippen molar-refractivity contribution < 1.29 is 18.7 Å². The van der Waals surface area contributed by atoms with Crippen LogP contribution >= 0.6 is 11.6 Å². The third kappa shape index (κ3) is 4.74. The summed E-state index contributed by atoms with van der Waals surface area (Å²) in [6.07, 6.45) is 0. The molecule has 128 valence electrons. The van der Waals surface area contributed by atoms with Gasteiger partial charge in [-0.05, 0) is 24.3 Å². The Bertz CT molecular complexity index is 683. The van der Waals surface area contributed by atoms with Crippen molar-refractivity contribution in [2.75, 3.05) is 39.4 Å². The molecule has 2 heterocycles. The third-order valence-electron chi connectivity index (χ3n) is 3.64. The van der Waals surface area contributed by atoms with Crippen molar-refractivity contribution in [3.63, 3.8) is 0 Å². The van der Waals surface area contributed by atoms with Crippen molar-refractivity contribution in [2.45, 2.75) is 0 Å². The van der Waals surface area contributed by atoms with Gasteiger partial charge in [-0.2, -0.15) is 0 Å². The maximum atomic E-state index is 12.1. The number of benzene rings is 1. The van der Waals surface area contributed by atoms with E-state index in [1.807, 2.05) is 0 Å². The predicted octanol–water partition coefficient (Wildman–Crippen LogP) is 2.79. The Balaban J connectivity index is 1.48. The van der Waals surface area contributed by atoms with Gasteiger partial charge >= 0.3 is 0 Å². The van der Waals surface area contributed by atoms with E-state index in [0.29, 0.717) is 17.3 Å². The lowest BCUT2D eigenvalue weighted by Gasteiger charge is -2.26. The average Bonchev–Trinajstić information content (AvgIpc) is 3.04. The first-order valence-corrected chi connectivity index (χ1v) is 8.20. The molecule has 1 aliphatic heterocycles. The maximum Gasteiger partial charge on any atom is 0.290 e. The lowest BCUT2D eigenvalue weighted by atomic mass is 10.3. The number of rotatable bonds is 6. The van der Waals surface area contributed by atoms with Crippen LogP contribution in [-0.4, -0.2) is 50.2 Å². The molecule has 1 saturated heterocycles. The van der Waals surface area contributed by atoms with Crippen LogP contribution in [0.25, 0.3) is 0 Å². The fourth-order valence-corrected chi connectivity index (χ4v) is 2.56. The second-order valence-electron chi connectivity index (χ2n) is 5.39. The summed E-state index contributed by atoms with van der Waals surface area (Å²) >= 11 is 5.90. The molecule has 6 nitrogen and oxygen atoms in total. The van der Waals surface area contributed by atoms with Crippen LogP contribution in [0.1, 0.15) is 10.6 Å². The summed E-state index contributed by atoms with van der Waals surface area (Å²) < 4.78 is 16.2. The molecular formula is C17H19ClN2O4. The van der Waals surface area contributed by atoms with E-state index in [-0.39, 0.29) is 17.6 Å². The van der Waals surface area contributed by atoms with Crippen LogP contribution in [0, 0.1) is 0 Å². The first-order valence-electron chi connectivity index (χ1n) is 7.82. The second-order valence-corrected chi connectivity index (χ2v) is 5.82. The number of halogens is 1. The Morgan fingerprint density at radius 2 is 2.08 bits per heavy atom. The molecule has 0 unspecified atom stereocenters. The molecule has 1 amide bonds. The minimum atomic E-state index is -0.260. The summed E-state index contributed by atoms with van der Waals surface area (Å²) in [5, 5.41) is 3.41. The van der Waals surface area contributed by atoms with Gasteiger partial charge in [0.05, 0.1) is 13.2 Å². The molecule has 0 saturated carbocycles. The molecule has 0 radical (unpaired) electrons. The van der Waals surface area contributed by atoms with Crippen molar-refractivity contribution in [3.05, 3.63) is 47.2 Å². The van der Waals surface area contributed by atoms with Crippen LogP contribution in [0.4, 0.5) is 0 Å². The molecule has 1 N–H and O–H groups in total. The fourth-order valence-electron chi connectivity index (χ4n) is 2.38. The van der Waals surface area contributed by atoms with E-state index < -0.39 is 0 Å². The quantitative estimate of drug-likeness (QED) is 0.868. The molecule has 2 aromatic rings. The maximum absolute atomic E-state index is 12.1. The van der Waals surface area contributed by atoms with Crippen LogP contribution in [0.15, 0.2) is 40.8 Å². The smallest absolute Gasteiger partial charge is 0.290 e. The summed E-state index contributed by atoms with van der Waals surface area (Å²) in [6.45, 7) is 4.64. The number of nitrogens with zero attached hydrogens (tertiary/aromatic N) is 1. The highest BCUT2D eigenvalue weighted by atomic mass is 35.5. The molecular weight excluding hydrogens is 332 g/mol. The van der Waals surface area contributed by atoms with Gasteiger partial charge in [0, 0.05) is 37.3 Å². The van der Waals surface area contributed by atoms with Crippen molar-refractivity contribution in [1.82, 2.24) is 10.2 Å². The van der Waals surface area contributed by atoms with E-state index in [1.165, 1.54) is 0 Å². The zero-order valence-corrected chi connectivity index (χ0v) is 13.9. The Morgan fingerprint density at radius 3 is 2.88 bits per heavy atom. The first kappa shape index (κ1) is 16.8. The minimum Gasteiger partial charge on any atom is -0.426 e. The number of amides is 1. The third-order valence-corrected chi connectivity index (χ3v) is 3.87. The second kappa shape index (κ2) is 8.19. The van der Waals surface area contributed by atoms with E-state index in [1.54, 1.807) is 36.4 Å². The van der Waals surface area contributed by atoms with Gasteiger partial charge in [-0.25, -0.2) is 0 Å². The molecule has 1 aliphatic rings. The zero-order valence-electron chi connectivity index (χ0n) is 13.2. The fraction of sp³-hybridized carbons (Fsp3) is 0.353. The van der Waals surface area contributed by atoms with Crippen LogP contribution in [-0.2, 0) is 4.74 Å². The largest absolute Gasteiger partial charge is 0.426 e. The van der Waals surface area contributed by atoms with Gasteiger partial charge in [0.2, 0.25) is 0 Å². The molecule has 0 spiro atoms. The number of ether oxygens (including phenoxy) is 2. The topological polar surface area (TPSA) is 63.9 Å². The van der Waals surface area contributed by atoms with Gasteiger partial charge in [-0.1, -0.05) is 17.7 Å². The summed E-state index contributed by atoms with van der Waals surface area (Å²) in [6, 6.07) is 10.2. The number of furan rings is 1. The molecule has 0 atom stereocenters. The van der Waals surface area contributed by atoms with Crippen LogP contribution < -0.4 is 10.1 Å². The highest BCUT2D eigenvalue weighted by Crippen LogP contribution is 2.25. The summed E-state index contributed by atoms with van der Waals surface area (Å²) in [5.41, 5.74) is 0. The number of carbonyl (C=O) groups excluding carboxylic acids is 1. The number of hydrogen-bond acceptors (Lipinski definition) is 5. The standard InChI is InChI=1S/C17H19ClN2O4/c18-13-2-1-3-14(12-13)23-16-5-4-15(24-16)17(21)19-6-7-20-8-10-22-11-9-20/h1-5,12H,6-11H2,(H,19,21). The van der Waals surface area contributed by atoms with E-state index in [2.05, 4.69) is 10.2 Å². The molecule has 0 bridgehead atoms. The van der Waals surface area contributed by atoms with Gasteiger partial charge < -0.3 is 19.2 Å². The lowest BCUT2D eigenvalue weighted by Crippen LogP contribution is -2.41. The highest BCUT2D eigenvalue weighted by Gasteiger charge is 2.14. The van der Waals surface area contributed by atoms with Crippen molar-refractivity contribution in [1.29, 1.82) is 0 Å². The average molecular weight is 351 g/mol. The van der Waals surface area contributed by atoms with Gasteiger partial charge in [0.25, 0.3) is 11.9 Å². The Kier molecular flexibility index (Phi) is 5.74. The molecule has 7 heteroatoms. The van der Waals surface area contributed by atoms with Crippen molar-refractivity contribution in [3.8, 4) is 11.7 Å². The van der Waals surface area contributed by atoms with Gasteiger partial charge in [0.15, 0.2) is 5.76 Å². The van der Waals surface area contributed by atoms with Gasteiger partial charge in [-0.15, -0.1) is 0 Å². The van der Waals surface area contributed by atoms with Crippen LogP contribution in [0.2, 0.25) is 5.02 Å². The molecule has 1 fully saturated rings. The first-order chi connectivity index (χ1) is 11.7. The number of carbonyl (C=O) groups is 1. The predicted molar refractivity (Wildman–Crippen MR) is 89.8 cm³/mol. The van der Waals surface area contributed by atoms with Crippen LogP contribution in [0.5, 0.6) is 11.7 Å². The molecule has 3 rings (SSSR count). The Labute approximate surface area is 145 Å². The van der Waals surface area contributed by atoms with E-state index in [9.17, 15) is 4.79 Å². The molecule has 1 aromatic carbocycles. The minimum absolute atomic E-state index is 0.217. The summed E-state index contributed by atoms with van der Waals surface area (Å²) in [4.78, 5) is 14.3. The number of hydrogen-bond donors (Lipinski definition) is 1. The van der Waals surface area contributed by atoms with Crippen LogP contribution in [0.3, 0.4) is 0 Å². The monoisotopic (exact) mass is 350 g/mol.